The van der Waals surface area contributed by atoms with Crippen LogP contribution in [0, 0.1) is 0 Å². The van der Waals surface area contributed by atoms with Crippen LogP contribution in [0.5, 0.6) is 0 Å². The van der Waals surface area contributed by atoms with Gasteiger partial charge in [-0.2, -0.15) is 0 Å². The fourth-order valence-electron chi connectivity index (χ4n) is 2.22. The summed E-state index contributed by atoms with van der Waals surface area (Å²) >= 11 is 1.60. The number of nitrogens with one attached hydrogen (secondary N) is 1. The van der Waals surface area contributed by atoms with E-state index in [0.29, 0.717) is 0 Å². The smallest absolute Gasteiger partial charge is 0.233 e. The van der Waals surface area contributed by atoms with Gasteiger partial charge in [0.2, 0.25) is 5.91 Å². The average Bonchev–Trinajstić information content (AvgIpc) is 2.55. The number of benzene rings is 2. The van der Waals surface area contributed by atoms with E-state index in [0.717, 1.165) is 17.7 Å². The number of carbonyl (C=O) groups excluding carboxylic acids is 1. The largest absolute Gasteiger partial charge is 0.353 e. The molecule has 2 aromatic carbocycles. The first-order valence-corrected chi connectivity index (χ1v) is 8.59. The van der Waals surface area contributed by atoms with E-state index in [9.17, 15) is 4.79 Å². The highest BCUT2D eigenvalue weighted by molar-refractivity contribution is 8.00. The molecule has 0 heterocycles. The maximum atomic E-state index is 12.2. The molecule has 0 aliphatic rings. The van der Waals surface area contributed by atoms with Crippen LogP contribution in [0.2, 0.25) is 0 Å². The zero-order valence-electron chi connectivity index (χ0n) is 13.2. The summed E-state index contributed by atoms with van der Waals surface area (Å²) < 4.78 is 0. The Kier molecular flexibility index (Phi) is 6.53. The molecule has 22 heavy (non-hydrogen) atoms. The van der Waals surface area contributed by atoms with Gasteiger partial charge in [0.25, 0.3) is 0 Å². The van der Waals surface area contributed by atoms with Gasteiger partial charge in [-0.15, -0.1) is 11.8 Å². The summed E-state index contributed by atoms with van der Waals surface area (Å²) in [6.07, 6.45) is 1.95. The summed E-state index contributed by atoms with van der Waals surface area (Å²) in [4.78, 5) is 13.4. The van der Waals surface area contributed by atoms with Crippen molar-refractivity contribution in [3.05, 3.63) is 66.2 Å². The summed E-state index contributed by atoms with van der Waals surface area (Å²) in [6.45, 7) is 4.03. The van der Waals surface area contributed by atoms with Crippen LogP contribution in [-0.2, 0) is 11.2 Å². The zero-order valence-corrected chi connectivity index (χ0v) is 14.0. The van der Waals surface area contributed by atoms with Gasteiger partial charge in [0.1, 0.15) is 0 Å². The molecule has 0 aromatic heterocycles. The second-order valence-corrected chi connectivity index (χ2v) is 6.92. The Morgan fingerprint density at radius 3 is 2.23 bits per heavy atom. The fraction of sp³-hybridized carbons (Fsp3) is 0.316. The third-order valence-electron chi connectivity index (χ3n) is 3.52. The van der Waals surface area contributed by atoms with E-state index in [-0.39, 0.29) is 17.2 Å². The van der Waals surface area contributed by atoms with Gasteiger partial charge in [-0.25, -0.2) is 0 Å². The molecule has 0 aliphatic heterocycles. The SMILES string of the molecule is C[C@H](Sc1ccccc1)C(=O)N[C@@H](C)CCc1ccccc1. The predicted octanol–water partition coefficient (Wildman–Crippen LogP) is 4.30. The van der Waals surface area contributed by atoms with Crippen LogP contribution < -0.4 is 5.32 Å². The molecule has 0 spiro atoms. The molecule has 2 atom stereocenters. The Morgan fingerprint density at radius 2 is 1.59 bits per heavy atom. The average molecular weight is 313 g/mol. The quantitative estimate of drug-likeness (QED) is 0.772. The summed E-state index contributed by atoms with van der Waals surface area (Å²) in [5.41, 5.74) is 1.32. The van der Waals surface area contributed by atoms with Crippen molar-refractivity contribution in [2.75, 3.05) is 0 Å². The summed E-state index contributed by atoms with van der Waals surface area (Å²) in [5, 5.41) is 3.03. The fourth-order valence-corrected chi connectivity index (χ4v) is 3.11. The number of carbonyl (C=O) groups is 1. The van der Waals surface area contributed by atoms with Crippen molar-refractivity contribution >= 4 is 17.7 Å². The van der Waals surface area contributed by atoms with Crippen molar-refractivity contribution in [2.24, 2.45) is 0 Å². The zero-order chi connectivity index (χ0) is 15.8. The molecule has 0 saturated heterocycles. The molecule has 0 aliphatic carbocycles. The topological polar surface area (TPSA) is 29.1 Å². The van der Waals surface area contributed by atoms with Crippen LogP contribution in [0.15, 0.2) is 65.6 Å². The molecule has 2 rings (SSSR count). The highest BCUT2D eigenvalue weighted by Crippen LogP contribution is 2.22. The molecule has 3 heteroatoms. The third-order valence-corrected chi connectivity index (χ3v) is 4.63. The molecule has 2 aromatic rings. The van der Waals surface area contributed by atoms with Gasteiger partial charge in [-0.3, -0.25) is 4.79 Å². The summed E-state index contributed by atoms with van der Waals surface area (Å²) in [5.74, 6) is 0.106. The van der Waals surface area contributed by atoms with E-state index in [1.54, 1.807) is 11.8 Å². The molecular formula is C19H23NOS. The van der Waals surface area contributed by atoms with Crippen molar-refractivity contribution < 1.29 is 4.79 Å². The van der Waals surface area contributed by atoms with Gasteiger partial charge in [0, 0.05) is 10.9 Å². The minimum atomic E-state index is -0.0819. The van der Waals surface area contributed by atoms with Crippen LogP contribution in [-0.4, -0.2) is 17.2 Å². The van der Waals surface area contributed by atoms with Crippen molar-refractivity contribution in [3.63, 3.8) is 0 Å². The standard InChI is InChI=1S/C19H23NOS/c1-15(13-14-17-9-5-3-6-10-17)20-19(21)16(2)22-18-11-7-4-8-12-18/h3-12,15-16H,13-14H2,1-2H3,(H,20,21)/t15-,16-/m0/s1. The normalized spacial score (nSPS) is 13.4. The number of aryl methyl sites for hydroxylation is 1. The Hall–Kier alpha value is -1.74. The maximum absolute atomic E-state index is 12.2. The van der Waals surface area contributed by atoms with E-state index in [1.165, 1.54) is 5.56 Å². The van der Waals surface area contributed by atoms with Gasteiger partial charge in [-0.1, -0.05) is 48.5 Å². The maximum Gasteiger partial charge on any atom is 0.233 e. The second-order valence-electron chi connectivity index (χ2n) is 5.51. The van der Waals surface area contributed by atoms with Gasteiger partial charge in [-0.05, 0) is 44.4 Å². The molecule has 1 amide bonds. The molecule has 0 saturated carbocycles. The lowest BCUT2D eigenvalue weighted by Crippen LogP contribution is -2.37. The predicted molar refractivity (Wildman–Crippen MR) is 94.1 cm³/mol. The lowest BCUT2D eigenvalue weighted by atomic mass is 10.1. The number of rotatable bonds is 7. The lowest BCUT2D eigenvalue weighted by molar-refractivity contribution is -0.120. The van der Waals surface area contributed by atoms with Gasteiger partial charge in [0.05, 0.1) is 5.25 Å². The van der Waals surface area contributed by atoms with Crippen molar-refractivity contribution in [2.45, 2.75) is 42.9 Å². The molecule has 0 fully saturated rings. The molecule has 0 unspecified atom stereocenters. The van der Waals surface area contributed by atoms with Crippen LogP contribution in [0.25, 0.3) is 0 Å². The monoisotopic (exact) mass is 313 g/mol. The summed E-state index contributed by atoms with van der Waals surface area (Å²) in [6, 6.07) is 20.6. The van der Waals surface area contributed by atoms with E-state index >= 15 is 0 Å². The molecule has 1 N–H and O–H groups in total. The van der Waals surface area contributed by atoms with Crippen molar-refractivity contribution in [1.82, 2.24) is 5.32 Å². The van der Waals surface area contributed by atoms with E-state index in [4.69, 9.17) is 0 Å². The highest BCUT2D eigenvalue weighted by atomic mass is 32.2. The van der Waals surface area contributed by atoms with Gasteiger partial charge in [0.15, 0.2) is 0 Å². The Bertz CT molecular complexity index is 571. The van der Waals surface area contributed by atoms with Crippen LogP contribution >= 0.6 is 11.8 Å². The first-order chi connectivity index (χ1) is 10.6. The summed E-state index contributed by atoms with van der Waals surface area (Å²) in [7, 11) is 0. The first-order valence-electron chi connectivity index (χ1n) is 7.71. The Balaban J connectivity index is 1.75. The molecule has 0 bridgehead atoms. The molecule has 116 valence electrons. The first kappa shape index (κ1) is 16.6. The van der Waals surface area contributed by atoms with E-state index in [2.05, 4.69) is 36.5 Å². The van der Waals surface area contributed by atoms with Crippen LogP contribution in [0.3, 0.4) is 0 Å². The number of thioether (sulfide) groups is 1. The van der Waals surface area contributed by atoms with Crippen molar-refractivity contribution in [1.29, 1.82) is 0 Å². The number of hydrogen-bond acceptors (Lipinski definition) is 2. The molecular weight excluding hydrogens is 290 g/mol. The molecule has 0 radical (unpaired) electrons. The third kappa shape index (κ3) is 5.57. The Labute approximate surface area is 137 Å². The number of amides is 1. The van der Waals surface area contributed by atoms with Crippen molar-refractivity contribution in [3.8, 4) is 0 Å². The minimum Gasteiger partial charge on any atom is -0.353 e. The van der Waals surface area contributed by atoms with Crippen LogP contribution in [0.1, 0.15) is 25.8 Å². The minimum absolute atomic E-state index is 0.0819. The van der Waals surface area contributed by atoms with Gasteiger partial charge < -0.3 is 5.32 Å². The number of hydrogen-bond donors (Lipinski definition) is 1. The second kappa shape index (κ2) is 8.64. The lowest BCUT2D eigenvalue weighted by Gasteiger charge is -2.17. The van der Waals surface area contributed by atoms with Gasteiger partial charge >= 0.3 is 0 Å². The van der Waals surface area contributed by atoms with E-state index in [1.807, 2.05) is 43.3 Å². The molecule has 2 nitrogen and oxygen atoms in total. The van der Waals surface area contributed by atoms with Crippen LogP contribution in [0.4, 0.5) is 0 Å². The Morgan fingerprint density at radius 1 is 1.00 bits per heavy atom. The highest BCUT2D eigenvalue weighted by Gasteiger charge is 2.16. The van der Waals surface area contributed by atoms with E-state index < -0.39 is 0 Å².